The molecule has 0 atom stereocenters. The average molecular weight is 313 g/mol. The highest BCUT2D eigenvalue weighted by molar-refractivity contribution is 7.71. The number of nitrogens with zero attached hydrogens (tertiary/aromatic N) is 1. The molecule has 2 N–H and O–H groups in total. The summed E-state index contributed by atoms with van der Waals surface area (Å²) in [5, 5.41) is 9.24. The third kappa shape index (κ3) is 2.45. The van der Waals surface area contributed by atoms with Crippen molar-refractivity contribution in [2.24, 2.45) is 0 Å². The molecule has 0 aliphatic carbocycles. The van der Waals surface area contributed by atoms with Gasteiger partial charge in [-0.25, -0.2) is 4.79 Å². The van der Waals surface area contributed by atoms with Crippen molar-refractivity contribution in [3.63, 3.8) is 0 Å². The largest absolute Gasteiger partial charge is 0.495 e. The number of carboxylic acids is 1. The maximum Gasteiger partial charge on any atom is 0.342 e. The summed E-state index contributed by atoms with van der Waals surface area (Å²) in [6.45, 7) is 0. The zero-order valence-electron chi connectivity index (χ0n) is 10.2. The number of carbonyl (C=O) groups is 1. The van der Waals surface area contributed by atoms with E-state index in [4.69, 9.17) is 33.7 Å². The first kappa shape index (κ1) is 14.3. The third-order valence-electron chi connectivity index (χ3n) is 2.60. The maximum absolute atomic E-state index is 12.1. The van der Waals surface area contributed by atoms with Gasteiger partial charge in [-0.2, -0.15) is 0 Å². The standard InChI is InChI=1S/C12H9ClN2O4S/c1-19-9-3-2-6(4-8(9)13)15-10(16)7(11(17)18)5-14-12(15)20/h2-5H,1H3,(H,14,20)(H,17,18). The number of halogens is 1. The van der Waals surface area contributed by atoms with Gasteiger partial charge in [0.25, 0.3) is 5.56 Å². The molecule has 6 nitrogen and oxygen atoms in total. The number of carboxylic acid groups (broad SMARTS) is 1. The molecule has 104 valence electrons. The zero-order chi connectivity index (χ0) is 14.9. The number of benzene rings is 1. The Bertz CT molecular complexity index is 797. The molecule has 0 fully saturated rings. The average Bonchev–Trinajstić information content (AvgIpc) is 2.38. The number of aromatic carboxylic acids is 1. The Labute approximate surface area is 123 Å². The van der Waals surface area contributed by atoms with Crippen molar-refractivity contribution in [2.75, 3.05) is 7.11 Å². The van der Waals surface area contributed by atoms with E-state index in [9.17, 15) is 9.59 Å². The molecule has 0 spiro atoms. The van der Waals surface area contributed by atoms with Gasteiger partial charge in [0.2, 0.25) is 0 Å². The van der Waals surface area contributed by atoms with Crippen molar-refractivity contribution in [1.82, 2.24) is 9.55 Å². The Kier molecular flexibility index (Phi) is 3.91. The minimum atomic E-state index is -1.34. The van der Waals surface area contributed by atoms with Crippen molar-refractivity contribution in [3.05, 3.63) is 50.1 Å². The minimum absolute atomic E-state index is 0.0706. The molecule has 0 radical (unpaired) electrons. The molecular formula is C12H9ClN2O4S. The van der Waals surface area contributed by atoms with E-state index in [1.165, 1.54) is 13.2 Å². The summed E-state index contributed by atoms with van der Waals surface area (Å²) in [6, 6.07) is 4.59. The molecule has 1 aromatic heterocycles. The van der Waals surface area contributed by atoms with E-state index in [-0.39, 0.29) is 9.79 Å². The number of rotatable bonds is 3. The molecule has 0 unspecified atom stereocenters. The van der Waals surface area contributed by atoms with Crippen LogP contribution in [0.25, 0.3) is 5.69 Å². The summed E-state index contributed by atoms with van der Waals surface area (Å²) in [5.74, 6) is -0.901. The van der Waals surface area contributed by atoms with E-state index in [1.807, 2.05) is 0 Å². The van der Waals surface area contributed by atoms with Gasteiger partial charge >= 0.3 is 5.97 Å². The van der Waals surface area contributed by atoms with Crippen LogP contribution >= 0.6 is 23.8 Å². The first-order valence-electron chi connectivity index (χ1n) is 5.37. The van der Waals surface area contributed by atoms with Gasteiger partial charge in [0.1, 0.15) is 11.3 Å². The van der Waals surface area contributed by atoms with Crippen LogP contribution in [-0.2, 0) is 0 Å². The number of methoxy groups -OCH3 is 1. The second-order valence-corrected chi connectivity index (χ2v) is 4.57. The molecule has 2 rings (SSSR count). The first-order valence-corrected chi connectivity index (χ1v) is 6.16. The number of nitrogens with one attached hydrogen (secondary N) is 1. The van der Waals surface area contributed by atoms with E-state index < -0.39 is 17.1 Å². The monoisotopic (exact) mass is 312 g/mol. The third-order valence-corrected chi connectivity index (χ3v) is 3.20. The van der Waals surface area contributed by atoms with Crippen LogP contribution < -0.4 is 10.3 Å². The molecule has 2 aromatic rings. The topological polar surface area (TPSA) is 84.3 Å². The van der Waals surface area contributed by atoms with Gasteiger partial charge in [-0.3, -0.25) is 9.36 Å². The molecule has 0 saturated heterocycles. The van der Waals surface area contributed by atoms with Gasteiger partial charge in [0.05, 0.1) is 17.8 Å². The van der Waals surface area contributed by atoms with Gasteiger partial charge in [0, 0.05) is 6.20 Å². The fraction of sp³-hybridized carbons (Fsp3) is 0.0833. The van der Waals surface area contributed by atoms with Crippen molar-refractivity contribution in [1.29, 1.82) is 0 Å². The van der Waals surface area contributed by atoms with Gasteiger partial charge in [-0.05, 0) is 30.4 Å². The Morgan fingerprint density at radius 1 is 1.50 bits per heavy atom. The highest BCUT2D eigenvalue weighted by atomic mass is 35.5. The second kappa shape index (κ2) is 5.48. The fourth-order valence-corrected chi connectivity index (χ4v) is 2.15. The van der Waals surface area contributed by atoms with Crippen LogP contribution in [0.2, 0.25) is 5.02 Å². The normalized spacial score (nSPS) is 10.3. The van der Waals surface area contributed by atoms with E-state index in [1.54, 1.807) is 12.1 Å². The molecule has 1 heterocycles. The summed E-state index contributed by atoms with van der Waals surface area (Å²) in [7, 11) is 1.46. The molecule has 1 aromatic carbocycles. The number of hydrogen-bond acceptors (Lipinski definition) is 4. The maximum atomic E-state index is 12.1. The van der Waals surface area contributed by atoms with Crippen LogP contribution in [0.4, 0.5) is 0 Å². The smallest absolute Gasteiger partial charge is 0.342 e. The van der Waals surface area contributed by atoms with Crippen molar-refractivity contribution in [3.8, 4) is 11.4 Å². The van der Waals surface area contributed by atoms with E-state index in [2.05, 4.69) is 4.98 Å². The highest BCUT2D eigenvalue weighted by Gasteiger charge is 2.14. The van der Waals surface area contributed by atoms with Gasteiger partial charge in [0.15, 0.2) is 4.77 Å². The number of H-pyrrole nitrogens is 1. The molecule has 8 heteroatoms. The summed E-state index contributed by atoms with van der Waals surface area (Å²) in [4.78, 5) is 25.6. The molecule has 20 heavy (non-hydrogen) atoms. The highest BCUT2D eigenvalue weighted by Crippen LogP contribution is 2.26. The lowest BCUT2D eigenvalue weighted by Crippen LogP contribution is -2.26. The van der Waals surface area contributed by atoms with E-state index in [0.717, 1.165) is 10.8 Å². The number of aromatic amines is 1. The summed E-state index contributed by atoms with van der Waals surface area (Å²) >= 11 is 11.0. The molecule has 0 bridgehead atoms. The molecule has 0 aliphatic heterocycles. The van der Waals surface area contributed by atoms with Gasteiger partial charge in [-0.1, -0.05) is 11.6 Å². The van der Waals surface area contributed by atoms with Crippen molar-refractivity contribution >= 4 is 29.8 Å². The van der Waals surface area contributed by atoms with Crippen LogP contribution in [0.15, 0.2) is 29.2 Å². The van der Waals surface area contributed by atoms with E-state index in [0.29, 0.717) is 11.4 Å². The Morgan fingerprint density at radius 2 is 2.20 bits per heavy atom. The summed E-state index contributed by atoms with van der Waals surface area (Å²) in [5.41, 5.74) is -0.793. The lowest BCUT2D eigenvalue weighted by atomic mass is 10.2. The van der Waals surface area contributed by atoms with Crippen LogP contribution in [0, 0.1) is 4.77 Å². The number of hydrogen-bond donors (Lipinski definition) is 2. The molecule has 0 amide bonds. The zero-order valence-corrected chi connectivity index (χ0v) is 11.8. The van der Waals surface area contributed by atoms with Crippen LogP contribution in [0.5, 0.6) is 5.75 Å². The number of aromatic nitrogens is 2. The number of ether oxygens (including phenoxy) is 1. The van der Waals surface area contributed by atoms with Crippen molar-refractivity contribution < 1.29 is 14.6 Å². The molecule has 0 saturated carbocycles. The minimum Gasteiger partial charge on any atom is -0.495 e. The van der Waals surface area contributed by atoms with E-state index >= 15 is 0 Å². The Morgan fingerprint density at radius 3 is 2.75 bits per heavy atom. The first-order chi connectivity index (χ1) is 9.45. The molecular weight excluding hydrogens is 304 g/mol. The predicted molar refractivity (Wildman–Crippen MR) is 75.7 cm³/mol. The fourth-order valence-electron chi connectivity index (χ4n) is 1.65. The van der Waals surface area contributed by atoms with Crippen LogP contribution in [-0.4, -0.2) is 27.7 Å². The Balaban J connectivity index is 2.73. The lowest BCUT2D eigenvalue weighted by molar-refractivity contribution is 0.0694. The quantitative estimate of drug-likeness (QED) is 0.849. The SMILES string of the molecule is COc1ccc(-n2c(=S)[nH]cc(C(=O)O)c2=O)cc1Cl. The summed E-state index contributed by atoms with van der Waals surface area (Å²) < 4.78 is 6.14. The van der Waals surface area contributed by atoms with Crippen LogP contribution in [0.1, 0.15) is 10.4 Å². The predicted octanol–water partition coefficient (Wildman–Crippen LogP) is 2.26. The second-order valence-electron chi connectivity index (χ2n) is 3.77. The lowest BCUT2D eigenvalue weighted by Gasteiger charge is -2.09. The summed E-state index contributed by atoms with van der Waals surface area (Å²) in [6.07, 6.45) is 1.06. The van der Waals surface area contributed by atoms with Gasteiger partial charge in [-0.15, -0.1) is 0 Å². The van der Waals surface area contributed by atoms with Crippen molar-refractivity contribution in [2.45, 2.75) is 0 Å². The molecule has 0 aliphatic rings. The van der Waals surface area contributed by atoms with Gasteiger partial charge < -0.3 is 14.8 Å². The van der Waals surface area contributed by atoms with Crippen LogP contribution in [0.3, 0.4) is 0 Å². The Hall–Kier alpha value is -2.12.